The number of nitrogens with zero attached hydrogens (tertiary/aromatic N) is 5. The van der Waals surface area contributed by atoms with Crippen molar-refractivity contribution >= 4 is 22.6 Å². The van der Waals surface area contributed by atoms with Crippen LogP contribution < -0.4 is 10.9 Å². The molecule has 1 saturated heterocycles. The molecule has 0 aliphatic carbocycles. The van der Waals surface area contributed by atoms with Crippen LogP contribution in [0.3, 0.4) is 0 Å². The third kappa shape index (κ3) is 4.45. The quantitative estimate of drug-likeness (QED) is 0.664. The summed E-state index contributed by atoms with van der Waals surface area (Å²) in [7, 11) is 0. The first-order valence-electron chi connectivity index (χ1n) is 11.2. The Kier molecular flexibility index (Phi) is 6.43. The Balaban J connectivity index is 1.50. The van der Waals surface area contributed by atoms with Crippen LogP contribution in [0.5, 0.6) is 0 Å². The van der Waals surface area contributed by atoms with Crippen molar-refractivity contribution in [1.29, 1.82) is 5.26 Å². The molecular weight excluding hydrogens is 416 g/mol. The lowest BCUT2D eigenvalue weighted by molar-refractivity contribution is 0.0793. The smallest absolute Gasteiger partial charge is 0.319 e. The number of aromatic nitrogens is 2. The van der Waals surface area contributed by atoms with Crippen LogP contribution in [-0.2, 0) is 6.54 Å². The first-order chi connectivity index (χ1) is 15.9. The van der Waals surface area contributed by atoms with E-state index >= 15 is 0 Å². The minimum atomic E-state index is -0.181. The van der Waals surface area contributed by atoms with Gasteiger partial charge in [0.15, 0.2) is 0 Å². The van der Waals surface area contributed by atoms with Gasteiger partial charge in [0.25, 0.3) is 5.56 Å². The van der Waals surface area contributed by atoms with Gasteiger partial charge in [-0.1, -0.05) is 18.2 Å². The number of nitrogens with one attached hydrogen (secondary N) is 1. The number of benzene rings is 2. The molecule has 33 heavy (non-hydrogen) atoms. The number of hydrogen-bond donors (Lipinski definition) is 1. The second-order valence-corrected chi connectivity index (χ2v) is 8.37. The summed E-state index contributed by atoms with van der Waals surface area (Å²) in [6, 6.07) is 16.1. The third-order valence-corrected chi connectivity index (χ3v) is 6.29. The van der Waals surface area contributed by atoms with E-state index in [4.69, 9.17) is 10.2 Å². The predicted octanol–water partition coefficient (Wildman–Crippen LogP) is 3.59. The highest BCUT2D eigenvalue weighted by atomic mass is 16.2. The lowest BCUT2D eigenvalue weighted by atomic mass is 10.1. The van der Waals surface area contributed by atoms with Gasteiger partial charge in [-0.3, -0.25) is 14.3 Å². The molecule has 2 unspecified atom stereocenters. The Labute approximate surface area is 193 Å². The number of para-hydroxylation sites is 1. The van der Waals surface area contributed by atoms with E-state index in [9.17, 15) is 9.59 Å². The van der Waals surface area contributed by atoms with Crippen LogP contribution in [0.4, 0.5) is 10.5 Å². The third-order valence-electron chi connectivity index (χ3n) is 6.29. The molecule has 1 N–H and O–H groups in total. The molecule has 2 aromatic carbocycles. The topological polar surface area (TPSA) is 94.3 Å². The molecule has 1 fully saturated rings. The van der Waals surface area contributed by atoms with Gasteiger partial charge in [-0.15, -0.1) is 0 Å². The molecule has 0 saturated carbocycles. The van der Waals surface area contributed by atoms with Crippen molar-refractivity contribution in [3.63, 3.8) is 0 Å². The summed E-state index contributed by atoms with van der Waals surface area (Å²) in [5.74, 6) is 0.750. The zero-order chi connectivity index (χ0) is 23.5. The van der Waals surface area contributed by atoms with Crippen LogP contribution in [-0.4, -0.2) is 51.1 Å². The van der Waals surface area contributed by atoms with Crippen LogP contribution in [0.25, 0.3) is 10.9 Å². The fourth-order valence-corrected chi connectivity index (χ4v) is 4.47. The first-order valence-corrected chi connectivity index (χ1v) is 11.2. The Hall–Kier alpha value is -3.70. The second-order valence-electron chi connectivity index (χ2n) is 8.37. The minimum absolute atomic E-state index is 0.0180. The van der Waals surface area contributed by atoms with Crippen LogP contribution in [0.15, 0.2) is 53.3 Å². The fourth-order valence-electron chi connectivity index (χ4n) is 4.47. The van der Waals surface area contributed by atoms with E-state index in [1.54, 1.807) is 28.8 Å². The van der Waals surface area contributed by atoms with E-state index in [-0.39, 0.29) is 23.7 Å². The Morgan fingerprint density at radius 1 is 1.24 bits per heavy atom. The van der Waals surface area contributed by atoms with Gasteiger partial charge < -0.3 is 10.2 Å². The van der Waals surface area contributed by atoms with Crippen LogP contribution >= 0.6 is 0 Å². The largest absolute Gasteiger partial charge is 0.322 e. The molecule has 170 valence electrons. The van der Waals surface area contributed by atoms with Gasteiger partial charge in [0, 0.05) is 37.9 Å². The highest BCUT2D eigenvalue weighted by Crippen LogP contribution is 2.24. The normalized spacial score (nSPS) is 17.5. The van der Waals surface area contributed by atoms with Gasteiger partial charge in [-0.2, -0.15) is 5.26 Å². The molecule has 2 heterocycles. The van der Waals surface area contributed by atoms with Gasteiger partial charge in [0.05, 0.1) is 28.6 Å². The van der Waals surface area contributed by atoms with Gasteiger partial charge >= 0.3 is 6.03 Å². The van der Waals surface area contributed by atoms with E-state index in [1.165, 1.54) is 0 Å². The van der Waals surface area contributed by atoms with Gasteiger partial charge in [-0.25, -0.2) is 9.78 Å². The standard InChI is InChI=1S/C25H28N6O2/c1-4-30-23(28-22-11-6-5-10-21(22)24(30)32)18(3)29-12-13-31(17(2)16-29)25(33)27-20-9-7-8-19(14-20)15-26/h5-11,14,17-18H,4,12-13,16H2,1-3H3,(H,27,33). The van der Waals surface area contributed by atoms with Gasteiger partial charge in [-0.05, 0) is 51.1 Å². The van der Waals surface area contributed by atoms with Gasteiger partial charge in [0.1, 0.15) is 5.82 Å². The monoisotopic (exact) mass is 444 g/mol. The van der Waals surface area contributed by atoms with E-state index in [2.05, 4.69) is 23.2 Å². The average Bonchev–Trinajstić information content (AvgIpc) is 2.83. The summed E-state index contributed by atoms with van der Waals surface area (Å²) in [6.07, 6.45) is 0. The molecule has 0 bridgehead atoms. The van der Waals surface area contributed by atoms with Crippen molar-refractivity contribution in [3.8, 4) is 6.07 Å². The molecule has 0 radical (unpaired) electrons. The number of carbonyl (C=O) groups excluding carboxylic acids is 1. The zero-order valence-electron chi connectivity index (χ0n) is 19.2. The zero-order valence-corrected chi connectivity index (χ0v) is 19.2. The van der Waals surface area contributed by atoms with Crippen molar-refractivity contribution in [1.82, 2.24) is 19.4 Å². The summed E-state index contributed by atoms with van der Waals surface area (Å²) >= 11 is 0. The number of fused-ring (bicyclic) bond motifs is 1. The Bertz CT molecular complexity index is 1280. The summed E-state index contributed by atoms with van der Waals surface area (Å²) in [5, 5.41) is 12.6. The van der Waals surface area contributed by atoms with E-state index in [0.717, 1.165) is 5.82 Å². The molecule has 1 aliphatic heterocycles. The molecular formula is C25H28N6O2. The van der Waals surface area contributed by atoms with Crippen LogP contribution in [0.1, 0.15) is 38.2 Å². The van der Waals surface area contributed by atoms with Crippen molar-refractivity contribution in [2.45, 2.75) is 39.4 Å². The Morgan fingerprint density at radius 3 is 2.76 bits per heavy atom. The van der Waals surface area contributed by atoms with Crippen molar-refractivity contribution < 1.29 is 4.79 Å². The van der Waals surface area contributed by atoms with E-state index in [0.29, 0.717) is 48.3 Å². The summed E-state index contributed by atoms with van der Waals surface area (Å²) < 4.78 is 1.75. The number of amides is 2. The molecule has 8 nitrogen and oxygen atoms in total. The lowest BCUT2D eigenvalue weighted by Crippen LogP contribution is -2.55. The highest BCUT2D eigenvalue weighted by molar-refractivity contribution is 5.89. The summed E-state index contributed by atoms with van der Waals surface area (Å²) in [5.41, 5.74) is 1.80. The van der Waals surface area contributed by atoms with Crippen LogP contribution in [0.2, 0.25) is 0 Å². The van der Waals surface area contributed by atoms with Crippen molar-refractivity contribution in [2.24, 2.45) is 0 Å². The number of hydrogen-bond acceptors (Lipinski definition) is 5. The minimum Gasteiger partial charge on any atom is -0.319 e. The molecule has 3 aromatic rings. The summed E-state index contributed by atoms with van der Waals surface area (Å²) in [4.78, 5) is 34.8. The maximum absolute atomic E-state index is 13.0. The fraction of sp³-hybridized carbons (Fsp3) is 0.360. The molecule has 2 atom stereocenters. The molecule has 1 aliphatic rings. The molecule has 0 spiro atoms. The molecule has 8 heteroatoms. The van der Waals surface area contributed by atoms with Gasteiger partial charge in [0.2, 0.25) is 0 Å². The summed E-state index contributed by atoms with van der Waals surface area (Å²) in [6.45, 7) is 8.49. The number of anilines is 1. The maximum Gasteiger partial charge on any atom is 0.322 e. The first kappa shape index (κ1) is 22.5. The maximum atomic E-state index is 13.0. The van der Waals surface area contributed by atoms with E-state index in [1.807, 2.05) is 43.0 Å². The number of piperazine rings is 1. The molecule has 4 rings (SSSR count). The highest BCUT2D eigenvalue weighted by Gasteiger charge is 2.31. The predicted molar refractivity (Wildman–Crippen MR) is 128 cm³/mol. The molecule has 1 aromatic heterocycles. The average molecular weight is 445 g/mol. The number of rotatable bonds is 4. The van der Waals surface area contributed by atoms with Crippen LogP contribution in [0, 0.1) is 11.3 Å². The number of carbonyl (C=O) groups is 1. The lowest BCUT2D eigenvalue weighted by Gasteiger charge is -2.42. The second kappa shape index (κ2) is 9.43. The number of urea groups is 1. The van der Waals surface area contributed by atoms with Crippen molar-refractivity contribution in [3.05, 3.63) is 70.3 Å². The SMILES string of the molecule is CCn1c(C(C)N2CCN(C(=O)Nc3cccc(C#N)c3)C(C)C2)nc2ccccc2c1=O. The Morgan fingerprint density at radius 2 is 2.03 bits per heavy atom. The number of nitriles is 1. The molecule has 2 amide bonds. The van der Waals surface area contributed by atoms with E-state index < -0.39 is 0 Å². The van der Waals surface area contributed by atoms with Crippen molar-refractivity contribution in [2.75, 3.05) is 25.0 Å².